The molecule has 0 bridgehead atoms. The number of fused-ring (bicyclic) bond motifs is 1. The number of benzene rings is 1. The van der Waals surface area contributed by atoms with Crippen molar-refractivity contribution in [3.63, 3.8) is 0 Å². The summed E-state index contributed by atoms with van der Waals surface area (Å²) in [6.45, 7) is 4.33. The van der Waals surface area contributed by atoms with Crippen LogP contribution in [0.3, 0.4) is 0 Å². The molecule has 2 N–H and O–H groups in total. The summed E-state index contributed by atoms with van der Waals surface area (Å²) < 4.78 is 13.0. The van der Waals surface area contributed by atoms with Crippen LogP contribution in [0.1, 0.15) is 19.4 Å². The highest BCUT2D eigenvalue weighted by molar-refractivity contribution is 5.83. The van der Waals surface area contributed by atoms with E-state index in [-0.39, 0.29) is 17.6 Å². The Morgan fingerprint density at radius 3 is 2.94 bits per heavy atom. The lowest BCUT2D eigenvalue weighted by Gasteiger charge is -2.06. The number of carbonyl (C=O) groups is 1. The minimum absolute atomic E-state index is 0.00191. The summed E-state index contributed by atoms with van der Waals surface area (Å²) in [5.74, 6) is -0.188. The van der Waals surface area contributed by atoms with Crippen molar-refractivity contribution >= 4 is 16.8 Å². The number of amides is 1. The largest absolute Gasteiger partial charge is 0.361 e. The lowest BCUT2D eigenvalue weighted by molar-refractivity contribution is -0.123. The molecule has 0 aliphatic carbocycles. The molecule has 0 fully saturated rings. The van der Waals surface area contributed by atoms with Gasteiger partial charge in [0, 0.05) is 29.6 Å². The van der Waals surface area contributed by atoms with Gasteiger partial charge in [0.05, 0.1) is 0 Å². The van der Waals surface area contributed by atoms with Crippen LogP contribution < -0.4 is 5.32 Å². The molecule has 0 atom stereocenters. The van der Waals surface area contributed by atoms with Crippen LogP contribution in [-0.2, 0) is 11.2 Å². The Morgan fingerprint density at radius 2 is 2.22 bits per heavy atom. The van der Waals surface area contributed by atoms with Gasteiger partial charge in [-0.15, -0.1) is 0 Å². The second kappa shape index (κ2) is 5.21. The van der Waals surface area contributed by atoms with Gasteiger partial charge in [-0.25, -0.2) is 4.39 Å². The number of H-pyrrole nitrogens is 1. The predicted molar refractivity (Wildman–Crippen MR) is 69.8 cm³/mol. The highest BCUT2D eigenvalue weighted by atomic mass is 19.1. The average Bonchev–Trinajstić information content (AvgIpc) is 2.71. The molecule has 0 saturated heterocycles. The molecule has 0 unspecified atom stereocenters. The lowest BCUT2D eigenvalue weighted by atomic mass is 10.1. The fourth-order valence-corrected chi connectivity index (χ4v) is 1.89. The quantitative estimate of drug-likeness (QED) is 0.858. The maximum absolute atomic E-state index is 13.0. The number of aromatic amines is 1. The van der Waals surface area contributed by atoms with Crippen LogP contribution in [0.15, 0.2) is 24.4 Å². The van der Waals surface area contributed by atoms with Crippen LogP contribution in [0.2, 0.25) is 0 Å². The molecule has 0 aliphatic heterocycles. The van der Waals surface area contributed by atoms with E-state index in [2.05, 4.69) is 10.3 Å². The average molecular weight is 248 g/mol. The maximum Gasteiger partial charge on any atom is 0.222 e. The van der Waals surface area contributed by atoms with Gasteiger partial charge in [0.2, 0.25) is 5.91 Å². The zero-order valence-corrected chi connectivity index (χ0v) is 10.6. The molecule has 2 aromatic rings. The highest BCUT2D eigenvalue weighted by Crippen LogP contribution is 2.19. The molecule has 0 aliphatic rings. The molecule has 1 heterocycles. The summed E-state index contributed by atoms with van der Waals surface area (Å²) in [5, 5.41) is 3.88. The standard InChI is InChI=1S/C14H17FN2O/c1-9(2)14(18)16-6-5-10-8-17-13-7-11(15)3-4-12(10)13/h3-4,7-9,17H,5-6H2,1-2H3,(H,16,18). The first kappa shape index (κ1) is 12.6. The van der Waals surface area contributed by atoms with E-state index in [0.29, 0.717) is 6.54 Å². The summed E-state index contributed by atoms with van der Waals surface area (Å²) >= 11 is 0. The third-order valence-corrected chi connectivity index (χ3v) is 2.95. The summed E-state index contributed by atoms with van der Waals surface area (Å²) in [5.41, 5.74) is 1.88. The Hall–Kier alpha value is -1.84. The van der Waals surface area contributed by atoms with E-state index in [1.54, 1.807) is 6.07 Å². The van der Waals surface area contributed by atoms with Crippen LogP contribution in [0.4, 0.5) is 4.39 Å². The van der Waals surface area contributed by atoms with Crippen molar-refractivity contribution in [2.45, 2.75) is 20.3 Å². The Morgan fingerprint density at radius 1 is 1.44 bits per heavy atom. The second-order valence-electron chi connectivity index (χ2n) is 4.70. The monoisotopic (exact) mass is 248 g/mol. The normalized spacial score (nSPS) is 11.1. The minimum atomic E-state index is -0.246. The topological polar surface area (TPSA) is 44.9 Å². The SMILES string of the molecule is CC(C)C(=O)NCCc1c[nH]c2cc(F)ccc12. The molecule has 96 valence electrons. The van der Waals surface area contributed by atoms with E-state index in [0.717, 1.165) is 22.9 Å². The summed E-state index contributed by atoms with van der Waals surface area (Å²) in [7, 11) is 0. The summed E-state index contributed by atoms with van der Waals surface area (Å²) in [6.07, 6.45) is 2.61. The summed E-state index contributed by atoms with van der Waals surface area (Å²) in [6, 6.07) is 4.69. The Bertz CT molecular complexity index is 560. The fourth-order valence-electron chi connectivity index (χ4n) is 1.89. The third-order valence-electron chi connectivity index (χ3n) is 2.95. The van der Waals surface area contributed by atoms with Gasteiger partial charge in [-0.05, 0) is 30.2 Å². The van der Waals surface area contributed by atoms with Crippen molar-refractivity contribution in [2.75, 3.05) is 6.54 Å². The van der Waals surface area contributed by atoms with Gasteiger partial charge in [0.25, 0.3) is 0 Å². The van der Waals surface area contributed by atoms with Crippen molar-refractivity contribution in [3.8, 4) is 0 Å². The van der Waals surface area contributed by atoms with Gasteiger partial charge in [-0.2, -0.15) is 0 Å². The molecule has 18 heavy (non-hydrogen) atoms. The van der Waals surface area contributed by atoms with Gasteiger partial charge >= 0.3 is 0 Å². The van der Waals surface area contributed by atoms with E-state index < -0.39 is 0 Å². The van der Waals surface area contributed by atoms with E-state index in [4.69, 9.17) is 0 Å². The van der Waals surface area contributed by atoms with Crippen LogP contribution in [0, 0.1) is 11.7 Å². The molecule has 2 rings (SSSR count). The van der Waals surface area contributed by atoms with Crippen LogP contribution in [0.5, 0.6) is 0 Å². The lowest BCUT2D eigenvalue weighted by Crippen LogP contribution is -2.29. The van der Waals surface area contributed by atoms with Crippen LogP contribution >= 0.6 is 0 Å². The van der Waals surface area contributed by atoms with Crippen molar-refractivity contribution in [1.29, 1.82) is 0 Å². The first-order valence-corrected chi connectivity index (χ1v) is 6.11. The van der Waals surface area contributed by atoms with Crippen molar-refractivity contribution < 1.29 is 9.18 Å². The molecule has 1 amide bonds. The number of hydrogen-bond donors (Lipinski definition) is 2. The molecular formula is C14H17FN2O. The van der Waals surface area contributed by atoms with Gasteiger partial charge in [0.15, 0.2) is 0 Å². The van der Waals surface area contributed by atoms with Crippen molar-refractivity contribution in [2.24, 2.45) is 5.92 Å². The molecule has 3 nitrogen and oxygen atoms in total. The van der Waals surface area contributed by atoms with E-state index in [9.17, 15) is 9.18 Å². The minimum Gasteiger partial charge on any atom is -0.361 e. The van der Waals surface area contributed by atoms with Crippen LogP contribution in [-0.4, -0.2) is 17.4 Å². The Labute approximate surface area is 105 Å². The van der Waals surface area contributed by atoms with Gasteiger partial charge in [-0.1, -0.05) is 13.8 Å². The number of hydrogen-bond acceptors (Lipinski definition) is 1. The van der Waals surface area contributed by atoms with E-state index >= 15 is 0 Å². The first-order chi connectivity index (χ1) is 8.58. The number of nitrogens with one attached hydrogen (secondary N) is 2. The van der Waals surface area contributed by atoms with E-state index in [1.165, 1.54) is 12.1 Å². The predicted octanol–water partition coefficient (Wildman–Crippen LogP) is 2.62. The fraction of sp³-hybridized carbons (Fsp3) is 0.357. The molecule has 4 heteroatoms. The third kappa shape index (κ3) is 2.70. The molecule has 0 saturated carbocycles. The van der Waals surface area contributed by atoms with Crippen molar-refractivity contribution in [3.05, 3.63) is 35.8 Å². The van der Waals surface area contributed by atoms with Crippen molar-refractivity contribution in [1.82, 2.24) is 10.3 Å². The maximum atomic E-state index is 13.0. The number of rotatable bonds is 4. The Kier molecular flexibility index (Phi) is 3.65. The first-order valence-electron chi connectivity index (χ1n) is 6.11. The van der Waals surface area contributed by atoms with Crippen LogP contribution in [0.25, 0.3) is 10.9 Å². The zero-order chi connectivity index (χ0) is 13.1. The smallest absolute Gasteiger partial charge is 0.222 e. The van der Waals surface area contributed by atoms with Gasteiger partial charge < -0.3 is 10.3 Å². The van der Waals surface area contributed by atoms with Gasteiger partial charge in [-0.3, -0.25) is 4.79 Å². The molecule has 0 radical (unpaired) electrons. The highest BCUT2D eigenvalue weighted by Gasteiger charge is 2.07. The van der Waals surface area contributed by atoms with E-state index in [1.807, 2.05) is 20.0 Å². The number of aromatic nitrogens is 1. The second-order valence-corrected chi connectivity index (χ2v) is 4.70. The van der Waals surface area contributed by atoms with Gasteiger partial charge in [0.1, 0.15) is 5.82 Å². The molecule has 1 aromatic heterocycles. The number of carbonyl (C=O) groups excluding carboxylic acids is 1. The number of halogens is 1. The summed E-state index contributed by atoms with van der Waals surface area (Å²) in [4.78, 5) is 14.4. The molecule has 1 aromatic carbocycles. The zero-order valence-electron chi connectivity index (χ0n) is 10.6. The Balaban J connectivity index is 2.02. The molecule has 0 spiro atoms. The molecular weight excluding hydrogens is 231 g/mol.